The second-order valence-corrected chi connectivity index (χ2v) is 7.33. The summed E-state index contributed by atoms with van der Waals surface area (Å²) in [5.41, 5.74) is 3.58. The van der Waals surface area contributed by atoms with E-state index in [4.69, 9.17) is 14.2 Å². The molecule has 0 radical (unpaired) electrons. The lowest BCUT2D eigenvalue weighted by Crippen LogP contribution is -2.00. The molecular formula is C25H21N5O3. The van der Waals surface area contributed by atoms with Crippen LogP contribution >= 0.6 is 0 Å². The monoisotopic (exact) mass is 439 g/mol. The summed E-state index contributed by atoms with van der Waals surface area (Å²) >= 11 is 0. The molecule has 0 aliphatic carbocycles. The van der Waals surface area contributed by atoms with Gasteiger partial charge in [0.2, 0.25) is 0 Å². The zero-order chi connectivity index (χ0) is 22.5. The molecule has 0 amide bonds. The molecule has 164 valence electrons. The van der Waals surface area contributed by atoms with Crippen LogP contribution in [0.1, 0.15) is 11.3 Å². The minimum Gasteiger partial charge on any atom is -0.496 e. The maximum atomic E-state index is 5.97. The fraction of sp³-hybridized carbons (Fsp3) is 0.120. The molecule has 33 heavy (non-hydrogen) atoms. The number of para-hydroxylation sites is 1. The Morgan fingerprint density at radius 3 is 2.58 bits per heavy atom. The minimum absolute atomic E-state index is 0.387. The summed E-state index contributed by atoms with van der Waals surface area (Å²) in [5, 5.41) is 15.0. The van der Waals surface area contributed by atoms with Crippen molar-refractivity contribution in [1.29, 1.82) is 0 Å². The lowest BCUT2D eigenvalue weighted by molar-refractivity contribution is 0.292. The number of aromatic nitrogens is 5. The SMILES string of the molecule is COc1cc(OCc2cccc(OCc3ccc4ccccc4n3)c2)ccc1-c1nnn[nH]1. The molecule has 5 aromatic rings. The van der Waals surface area contributed by atoms with Crippen LogP contribution in [0.3, 0.4) is 0 Å². The number of hydrogen-bond acceptors (Lipinski definition) is 7. The summed E-state index contributed by atoms with van der Waals surface area (Å²) in [5.74, 6) is 2.58. The molecule has 5 rings (SSSR count). The van der Waals surface area contributed by atoms with Gasteiger partial charge in [0.15, 0.2) is 5.82 Å². The highest BCUT2D eigenvalue weighted by Crippen LogP contribution is 2.31. The highest BCUT2D eigenvalue weighted by Gasteiger charge is 2.11. The third kappa shape index (κ3) is 4.74. The smallest absolute Gasteiger partial charge is 0.183 e. The molecule has 1 N–H and O–H groups in total. The van der Waals surface area contributed by atoms with Crippen LogP contribution in [0.4, 0.5) is 0 Å². The van der Waals surface area contributed by atoms with Crippen molar-refractivity contribution in [3.8, 4) is 28.6 Å². The van der Waals surface area contributed by atoms with Gasteiger partial charge in [0, 0.05) is 11.5 Å². The number of tetrazole rings is 1. The summed E-state index contributed by atoms with van der Waals surface area (Å²) in [4.78, 5) is 4.65. The summed E-state index contributed by atoms with van der Waals surface area (Å²) in [7, 11) is 1.59. The number of methoxy groups -OCH3 is 1. The number of nitrogens with one attached hydrogen (secondary N) is 1. The molecule has 0 fully saturated rings. The Hall–Kier alpha value is -4.46. The molecule has 0 aliphatic rings. The third-order valence-electron chi connectivity index (χ3n) is 5.12. The Balaban J connectivity index is 1.23. The van der Waals surface area contributed by atoms with Crippen LogP contribution in [0, 0.1) is 0 Å². The molecule has 3 aromatic carbocycles. The second-order valence-electron chi connectivity index (χ2n) is 7.33. The van der Waals surface area contributed by atoms with Crippen LogP contribution in [0.5, 0.6) is 17.2 Å². The van der Waals surface area contributed by atoms with E-state index in [1.807, 2.05) is 72.8 Å². The van der Waals surface area contributed by atoms with Gasteiger partial charge in [-0.05, 0) is 52.4 Å². The molecule has 8 nitrogen and oxygen atoms in total. The highest BCUT2D eigenvalue weighted by atomic mass is 16.5. The first-order valence-electron chi connectivity index (χ1n) is 10.4. The van der Waals surface area contributed by atoms with Crippen molar-refractivity contribution in [2.45, 2.75) is 13.2 Å². The number of hydrogen-bond donors (Lipinski definition) is 1. The summed E-state index contributed by atoms with van der Waals surface area (Å²) in [6.45, 7) is 0.780. The van der Waals surface area contributed by atoms with Crippen molar-refractivity contribution >= 4 is 10.9 Å². The first kappa shape index (κ1) is 20.4. The van der Waals surface area contributed by atoms with Crippen molar-refractivity contribution in [3.05, 3.63) is 90.1 Å². The molecule has 0 bridgehead atoms. The predicted molar refractivity (Wildman–Crippen MR) is 123 cm³/mol. The van der Waals surface area contributed by atoms with Gasteiger partial charge in [-0.2, -0.15) is 0 Å². The van der Waals surface area contributed by atoms with Crippen molar-refractivity contribution < 1.29 is 14.2 Å². The Bertz CT molecular complexity index is 1370. The fourth-order valence-electron chi connectivity index (χ4n) is 3.47. The van der Waals surface area contributed by atoms with Gasteiger partial charge in [0.25, 0.3) is 0 Å². The number of aromatic amines is 1. The average Bonchev–Trinajstić information content (AvgIpc) is 3.41. The Morgan fingerprint density at radius 1 is 0.818 bits per heavy atom. The molecule has 2 aromatic heterocycles. The third-order valence-corrected chi connectivity index (χ3v) is 5.12. The topological polar surface area (TPSA) is 95.0 Å². The van der Waals surface area contributed by atoms with Crippen molar-refractivity contribution in [3.63, 3.8) is 0 Å². The molecule has 0 aliphatic heterocycles. The number of ether oxygens (including phenoxy) is 3. The lowest BCUT2D eigenvalue weighted by atomic mass is 10.2. The maximum Gasteiger partial charge on any atom is 0.183 e. The number of rotatable bonds is 8. The van der Waals surface area contributed by atoms with Crippen LogP contribution in [0.25, 0.3) is 22.3 Å². The number of fused-ring (bicyclic) bond motifs is 1. The predicted octanol–water partition coefficient (Wildman–Crippen LogP) is 4.58. The number of benzene rings is 3. The van der Waals surface area contributed by atoms with Gasteiger partial charge in [-0.15, -0.1) is 5.10 Å². The largest absolute Gasteiger partial charge is 0.496 e. The Morgan fingerprint density at radius 2 is 1.70 bits per heavy atom. The number of nitrogens with zero attached hydrogens (tertiary/aromatic N) is 4. The van der Waals surface area contributed by atoms with E-state index < -0.39 is 0 Å². The maximum absolute atomic E-state index is 5.97. The van der Waals surface area contributed by atoms with Crippen molar-refractivity contribution in [2.75, 3.05) is 7.11 Å². The molecule has 2 heterocycles. The number of pyridine rings is 1. The zero-order valence-electron chi connectivity index (χ0n) is 17.9. The summed E-state index contributed by atoms with van der Waals surface area (Å²) in [6, 6.07) is 25.4. The quantitative estimate of drug-likeness (QED) is 0.378. The van der Waals surface area contributed by atoms with Crippen molar-refractivity contribution in [1.82, 2.24) is 25.6 Å². The van der Waals surface area contributed by atoms with Gasteiger partial charge in [0.1, 0.15) is 30.5 Å². The van der Waals surface area contributed by atoms with Gasteiger partial charge in [0.05, 0.1) is 23.9 Å². The second kappa shape index (κ2) is 9.35. The number of H-pyrrole nitrogens is 1. The van der Waals surface area contributed by atoms with Crippen LogP contribution in [0.15, 0.2) is 78.9 Å². The average molecular weight is 439 g/mol. The normalized spacial score (nSPS) is 10.8. The van der Waals surface area contributed by atoms with Crippen LogP contribution in [0.2, 0.25) is 0 Å². The molecule has 0 saturated carbocycles. The molecule has 0 atom stereocenters. The van der Waals surface area contributed by atoms with E-state index in [1.54, 1.807) is 7.11 Å². The molecule has 8 heteroatoms. The van der Waals surface area contributed by atoms with Crippen LogP contribution < -0.4 is 14.2 Å². The van der Waals surface area contributed by atoms with Gasteiger partial charge >= 0.3 is 0 Å². The zero-order valence-corrected chi connectivity index (χ0v) is 17.9. The van der Waals surface area contributed by atoms with E-state index in [2.05, 4.69) is 31.7 Å². The Kier molecular flexibility index (Phi) is 5.79. The van der Waals surface area contributed by atoms with E-state index >= 15 is 0 Å². The minimum atomic E-state index is 0.387. The van der Waals surface area contributed by atoms with E-state index in [9.17, 15) is 0 Å². The molecule has 0 saturated heterocycles. The van der Waals surface area contributed by atoms with Crippen LogP contribution in [-0.4, -0.2) is 32.7 Å². The van der Waals surface area contributed by atoms with E-state index in [0.29, 0.717) is 30.5 Å². The Labute approximate surface area is 190 Å². The van der Waals surface area contributed by atoms with E-state index in [0.717, 1.165) is 33.5 Å². The van der Waals surface area contributed by atoms with E-state index in [1.165, 1.54) is 0 Å². The van der Waals surface area contributed by atoms with Gasteiger partial charge < -0.3 is 14.2 Å². The summed E-state index contributed by atoms with van der Waals surface area (Å²) in [6.07, 6.45) is 0. The van der Waals surface area contributed by atoms with Crippen LogP contribution in [-0.2, 0) is 13.2 Å². The fourth-order valence-corrected chi connectivity index (χ4v) is 3.47. The molecule has 0 unspecified atom stereocenters. The first-order chi connectivity index (χ1) is 16.3. The van der Waals surface area contributed by atoms with Crippen molar-refractivity contribution in [2.24, 2.45) is 0 Å². The highest BCUT2D eigenvalue weighted by molar-refractivity contribution is 5.78. The molecule has 0 spiro atoms. The van der Waals surface area contributed by atoms with Gasteiger partial charge in [-0.1, -0.05) is 36.4 Å². The van der Waals surface area contributed by atoms with Gasteiger partial charge in [-0.25, -0.2) is 10.1 Å². The van der Waals surface area contributed by atoms with E-state index in [-0.39, 0.29) is 0 Å². The summed E-state index contributed by atoms with van der Waals surface area (Å²) < 4.78 is 17.4. The molecular weight excluding hydrogens is 418 g/mol. The standard InChI is InChI=1S/C25H21N5O3/c1-31-24-14-21(11-12-22(24)25-27-29-30-28-25)32-15-17-5-4-7-20(13-17)33-16-19-10-9-18-6-2-3-8-23(18)26-19/h2-14H,15-16H2,1H3,(H,27,28,29,30). The lowest BCUT2D eigenvalue weighted by Gasteiger charge is -2.11. The van der Waals surface area contributed by atoms with Gasteiger partial charge in [-0.3, -0.25) is 0 Å². The first-order valence-corrected chi connectivity index (χ1v) is 10.4.